The van der Waals surface area contributed by atoms with E-state index in [9.17, 15) is 8.42 Å². The van der Waals surface area contributed by atoms with E-state index in [0.29, 0.717) is 17.1 Å². The normalized spacial score (nSPS) is 13.5. The number of anilines is 1. The molecule has 5 heteroatoms. The Kier molecular flexibility index (Phi) is 5.82. The molecule has 0 fully saturated rings. The van der Waals surface area contributed by atoms with Crippen LogP contribution in [-0.4, -0.2) is 32.4 Å². The molecule has 0 aliphatic rings. The highest BCUT2D eigenvalue weighted by molar-refractivity contribution is 7.89. The molecule has 1 atom stereocenters. The third-order valence-electron chi connectivity index (χ3n) is 3.24. The molecule has 0 saturated carbocycles. The van der Waals surface area contributed by atoms with E-state index in [1.165, 1.54) is 4.31 Å². The van der Waals surface area contributed by atoms with E-state index in [0.717, 1.165) is 12.8 Å². The molecule has 0 aliphatic heterocycles. The fraction of sp³-hybridized carbons (Fsp3) is 0.571. The predicted molar refractivity (Wildman–Crippen MR) is 79.9 cm³/mol. The average molecular weight is 284 g/mol. The van der Waals surface area contributed by atoms with Crippen molar-refractivity contribution in [3.63, 3.8) is 0 Å². The molecule has 1 N–H and O–H groups in total. The van der Waals surface area contributed by atoms with Crippen molar-refractivity contribution in [2.45, 2.75) is 44.6 Å². The van der Waals surface area contributed by atoms with Gasteiger partial charge in [-0.05, 0) is 32.4 Å². The molecule has 1 aromatic carbocycles. The van der Waals surface area contributed by atoms with Gasteiger partial charge in [0.25, 0.3) is 0 Å². The van der Waals surface area contributed by atoms with Crippen LogP contribution in [0.15, 0.2) is 29.2 Å². The van der Waals surface area contributed by atoms with Crippen LogP contribution in [0.25, 0.3) is 0 Å². The van der Waals surface area contributed by atoms with Crippen LogP contribution in [0.5, 0.6) is 0 Å². The highest BCUT2D eigenvalue weighted by atomic mass is 32.2. The summed E-state index contributed by atoms with van der Waals surface area (Å²) in [5, 5.41) is 3.10. The molecule has 4 nitrogen and oxygen atoms in total. The maximum Gasteiger partial charge on any atom is 0.245 e. The van der Waals surface area contributed by atoms with Gasteiger partial charge in [0.05, 0.1) is 5.69 Å². The van der Waals surface area contributed by atoms with E-state index in [4.69, 9.17) is 0 Å². The molecule has 0 aliphatic carbocycles. The molecule has 19 heavy (non-hydrogen) atoms. The number of benzene rings is 1. The van der Waals surface area contributed by atoms with Crippen LogP contribution in [0.4, 0.5) is 5.69 Å². The first-order chi connectivity index (χ1) is 8.95. The predicted octanol–water partition coefficient (Wildman–Crippen LogP) is 2.93. The Morgan fingerprint density at radius 1 is 1.26 bits per heavy atom. The lowest BCUT2D eigenvalue weighted by atomic mass is 10.2. The third-order valence-corrected chi connectivity index (χ3v) is 5.27. The fourth-order valence-electron chi connectivity index (χ4n) is 2.02. The molecular weight excluding hydrogens is 260 g/mol. The molecule has 0 amide bonds. The molecule has 0 bridgehead atoms. The number of hydrogen-bond donors (Lipinski definition) is 1. The molecule has 1 unspecified atom stereocenters. The van der Waals surface area contributed by atoms with Gasteiger partial charge >= 0.3 is 0 Å². The van der Waals surface area contributed by atoms with Gasteiger partial charge in [0.2, 0.25) is 10.0 Å². The number of nitrogens with one attached hydrogen (secondary N) is 1. The van der Waals surface area contributed by atoms with Crippen molar-refractivity contribution in [3.05, 3.63) is 24.3 Å². The van der Waals surface area contributed by atoms with Crippen LogP contribution < -0.4 is 5.32 Å². The van der Waals surface area contributed by atoms with Crippen molar-refractivity contribution in [1.29, 1.82) is 0 Å². The number of para-hydroxylation sites is 1. The molecular formula is C14H24N2O2S. The quantitative estimate of drug-likeness (QED) is 0.837. The van der Waals surface area contributed by atoms with E-state index in [1.54, 1.807) is 25.2 Å². The summed E-state index contributed by atoms with van der Waals surface area (Å²) in [6.07, 6.45) is 1.83. The molecule has 1 aromatic rings. The molecule has 0 heterocycles. The number of rotatable bonds is 7. The Morgan fingerprint density at radius 3 is 2.47 bits per heavy atom. The molecule has 0 aromatic heterocycles. The number of hydrogen-bond acceptors (Lipinski definition) is 3. The first kappa shape index (κ1) is 16.0. The van der Waals surface area contributed by atoms with Crippen molar-refractivity contribution in [3.8, 4) is 0 Å². The second kappa shape index (κ2) is 6.91. The Morgan fingerprint density at radius 2 is 1.89 bits per heavy atom. The van der Waals surface area contributed by atoms with E-state index >= 15 is 0 Å². The van der Waals surface area contributed by atoms with Crippen LogP contribution in [0.3, 0.4) is 0 Å². The monoisotopic (exact) mass is 284 g/mol. The molecule has 0 saturated heterocycles. The lowest BCUT2D eigenvalue weighted by Gasteiger charge is -2.25. The summed E-state index contributed by atoms with van der Waals surface area (Å²) in [4.78, 5) is 0.349. The zero-order valence-corrected chi connectivity index (χ0v) is 13.0. The minimum absolute atomic E-state index is 0.00434. The van der Waals surface area contributed by atoms with Crippen LogP contribution in [0.1, 0.15) is 33.6 Å². The van der Waals surface area contributed by atoms with Crippen molar-refractivity contribution in [1.82, 2.24) is 4.31 Å². The first-order valence-electron chi connectivity index (χ1n) is 6.76. The second-order valence-electron chi connectivity index (χ2n) is 4.69. The van der Waals surface area contributed by atoms with Crippen molar-refractivity contribution < 1.29 is 8.42 Å². The second-order valence-corrected chi connectivity index (χ2v) is 6.65. The standard InChI is InChI=1S/C14H24N2O2S/c1-5-9-12(3)16(4)19(17,18)14-11-8-7-10-13(14)15-6-2/h7-8,10-12,15H,5-6,9H2,1-4H3. The van der Waals surface area contributed by atoms with Crippen LogP contribution in [0, 0.1) is 0 Å². The van der Waals surface area contributed by atoms with Gasteiger partial charge < -0.3 is 5.32 Å². The highest BCUT2D eigenvalue weighted by Gasteiger charge is 2.26. The summed E-state index contributed by atoms with van der Waals surface area (Å²) in [6, 6.07) is 7.06. The summed E-state index contributed by atoms with van der Waals surface area (Å²) in [7, 11) is -1.79. The van der Waals surface area contributed by atoms with Crippen molar-refractivity contribution in [2.24, 2.45) is 0 Å². The SMILES string of the molecule is CCCC(C)N(C)S(=O)(=O)c1ccccc1NCC. The van der Waals surface area contributed by atoms with Crippen LogP contribution in [-0.2, 0) is 10.0 Å². The van der Waals surface area contributed by atoms with Crippen LogP contribution in [0.2, 0.25) is 0 Å². The summed E-state index contributed by atoms with van der Waals surface area (Å²) >= 11 is 0. The average Bonchev–Trinajstić information content (AvgIpc) is 2.39. The van der Waals surface area contributed by atoms with E-state index in [1.807, 2.05) is 19.9 Å². The fourth-order valence-corrected chi connectivity index (χ4v) is 3.58. The van der Waals surface area contributed by atoms with Crippen LogP contribution >= 0.6 is 0 Å². The van der Waals surface area contributed by atoms with E-state index < -0.39 is 10.0 Å². The molecule has 108 valence electrons. The third kappa shape index (κ3) is 3.70. The first-order valence-corrected chi connectivity index (χ1v) is 8.20. The minimum Gasteiger partial charge on any atom is -0.384 e. The summed E-state index contributed by atoms with van der Waals surface area (Å²) in [5.41, 5.74) is 0.667. The molecule has 0 radical (unpaired) electrons. The smallest absolute Gasteiger partial charge is 0.245 e. The van der Waals surface area contributed by atoms with E-state index in [-0.39, 0.29) is 6.04 Å². The molecule has 0 spiro atoms. The highest BCUT2D eigenvalue weighted by Crippen LogP contribution is 2.25. The molecule has 1 rings (SSSR count). The summed E-state index contributed by atoms with van der Waals surface area (Å²) < 4.78 is 26.7. The van der Waals surface area contributed by atoms with Gasteiger partial charge in [0.1, 0.15) is 4.90 Å². The van der Waals surface area contributed by atoms with Crippen molar-refractivity contribution >= 4 is 15.7 Å². The topological polar surface area (TPSA) is 49.4 Å². The lowest BCUT2D eigenvalue weighted by Crippen LogP contribution is -2.35. The Bertz CT molecular complexity index is 500. The Hall–Kier alpha value is -1.07. The van der Waals surface area contributed by atoms with Gasteiger partial charge in [-0.2, -0.15) is 4.31 Å². The van der Waals surface area contributed by atoms with Gasteiger partial charge in [-0.25, -0.2) is 8.42 Å². The van der Waals surface area contributed by atoms with Gasteiger partial charge in [0, 0.05) is 19.6 Å². The minimum atomic E-state index is -3.44. The summed E-state index contributed by atoms with van der Waals surface area (Å²) in [5.74, 6) is 0. The van der Waals surface area contributed by atoms with Crippen molar-refractivity contribution in [2.75, 3.05) is 18.9 Å². The van der Waals surface area contributed by atoms with E-state index in [2.05, 4.69) is 12.2 Å². The Labute approximate surface area is 116 Å². The van der Waals surface area contributed by atoms with Gasteiger partial charge in [-0.1, -0.05) is 25.5 Å². The maximum absolute atomic E-state index is 12.6. The van der Waals surface area contributed by atoms with Gasteiger partial charge in [-0.3, -0.25) is 0 Å². The lowest BCUT2D eigenvalue weighted by molar-refractivity contribution is 0.369. The number of sulfonamides is 1. The summed E-state index contributed by atoms with van der Waals surface area (Å²) in [6.45, 7) is 6.65. The van der Waals surface area contributed by atoms with Gasteiger partial charge in [0.15, 0.2) is 0 Å². The largest absolute Gasteiger partial charge is 0.384 e. The zero-order valence-electron chi connectivity index (χ0n) is 12.2. The number of nitrogens with zero attached hydrogens (tertiary/aromatic N) is 1. The maximum atomic E-state index is 12.6. The van der Waals surface area contributed by atoms with Gasteiger partial charge in [-0.15, -0.1) is 0 Å². The Balaban J connectivity index is 3.12. The zero-order chi connectivity index (χ0) is 14.5.